The fourth-order valence-electron chi connectivity index (χ4n) is 0.479. The summed E-state index contributed by atoms with van der Waals surface area (Å²) in [5, 5.41) is 0. The molecule has 0 spiro atoms. The zero-order valence-corrected chi connectivity index (χ0v) is 5.17. The van der Waals surface area contributed by atoms with E-state index in [1.165, 1.54) is 16.4 Å². The summed E-state index contributed by atoms with van der Waals surface area (Å²) in [7, 11) is 0. The molecular formula is C5H3ClN2O. The Morgan fingerprint density at radius 1 is 1.78 bits per heavy atom. The van der Waals surface area contributed by atoms with Gasteiger partial charge < -0.3 is 0 Å². The minimum atomic E-state index is 0.514. The molecule has 0 aromatic carbocycles. The summed E-state index contributed by atoms with van der Waals surface area (Å²) in [5.41, 5.74) is 0.514. The SMILES string of the molecule is O=C=Nc1ccn(Cl)c1. The Morgan fingerprint density at radius 2 is 2.56 bits per heavy atom. The summed E-state index contributed by atoms with van der Waals surface area (Å²) in [5.74, 6) is 0. The molecule has 0 radical (unpaired) electrons. The van der Waals surface area contributed by atoms with Crippen LogP contribution in [0.2, 0.25) is 0 Å². The van der Waals surface area contributed by atoms with Crippen molar-refractivity contribution < 1.29 is 4.79 Å². The summed E-state index contributed by atoms with van der Waals surface area (Å²) >= 11 is 5.42. The Labute approximate surface area is 56.7 Å². The van der Waals surface area contributed by atoms with Crippen LogP contribution >= 0.6 is 11.8 Å². The van der Waals surface area contributed by atoms with Gasteiger partial charge in [0, 0.05) is 24.2 Å². The third kappa shape index (κ3) is 1.42. The van der Waals surface area contributed by atoms with Gasteiger partial charge in [-0.1, -0.05) is 0 Å². The summed E-state index contributed by atoms with van der Waals surface area (Å²) < 4.78 is 1.29. The van der Waals surface area contributed by atoms with Gasteiger partial charge in [-0.25, -0.2) is 4.79 Å². The van der Waals surface area contributed by atoms with Crippen LogP contribution in [0.5, 0.6) is 0 Å². The molecule has 0 saturated carbocycles. The molecule has 0 aliphatic carbocycles. The Kier molecular flexibility index (Phi) is 1.68. The molecule has 0 unspecified atom stereocenters. The lowest BCUT2D eigenvalue weighted by Crippen LogP contribution is -1.64. The van der Waals surface area contributed by atoms with Crippen molar-refractivity contribution in [1.82, 2.24) is 4.09 Å². The zero-order valence-electron chi connectivity index (χ0n) is 4.41. The van der Waals surface area contributed by atoms with Gasteiger partial charge in [0.1, 0.15) is 0 Å². The zero-order chi connectivity index (χ0) is 6.69. The molecule has 0 atom stereocenters. The third-order valence-electron chi connectivity index (χ3n) is 0.818. The second-order valence-corrected chi connectivity index (χ2v) is 1.81. The normalized spacial score (nSPS) is 8.56. The van der Waals surface area contributed by atoms with Crippen molar-refractivity contribution in [3.05, 3.63) is 18.5 Å². The van der Waals surface area contributed by atoms with Crippen LogP contribution in [0.4, 0.5) is 5.69 Å². The van der Waals surface area contributed by atoms with Gasteiger partial charge in [-0.2, -0.15) is 4.99 Å². The molecule has 0 amide bonds. The van der Waals surface area contributed by atoms with Crippen LogP contribution in [0.15, 0.2) is 23.5 Å². The smallest absolute Gasteiger partial charge is 0.240 e. The molecule has 0 fully saturated rings. The van der Waals surface area contributed by atoms with Crippen molar-refractivity contribution in [2.24, 2.45) is 4.99 Å². The minimum absolute atomic E-state index is 0.514. The lowest BCUT2D eigenvalue weighted by atomic mass is 10.6. The van der Waals surface area contributed by atoms with Crippen LogP contribution in [0.25, 0.3) is 0 Å². The number of carbonyl (C=O) groups excluding carboxylic acids is 1. The van der Waals surface area contributed by atoms with Crippen LogP contribution in [-0.2, 0) is 4.79 Å². The standard InChI is InChI=1S/C5H3ClN2O/c6-8-2-1-5(3-8)7-4-9/h1-3H. The van der Waals surface area contributed by atoms with E-state index in [2.05, 4.69) is 4.99 Å². The Hall–Kier alpha value is -1.05. The number of isocyanates is 1. The minimum Gasteiger partial charge on any atom is -0.266 e. The summed E-state index contributed by atoms with van der Waals surface area (Å²) in [6.07, 6.45) is 4.49. The maximum atomic E-state index is 9.64. The Balaban J connectivity index is 2.97. The van der Waals surface area contributed by atoms with Crippen LogP contribution in [0, 0.1) is 0 Å². The van der Waals surface area contributed by atoms with Crippen molar-refractivity contribution in [3.8, 4) is 0 Å². The van der Waals surface area contributed by atoms with E-state index >= 15 is 0 Å². The van der Waals surface area contributed by atoms with E-state index in [-0.39, 0.29) is 0 Å². The quantitative estimate of drug-likeness (QED) is 0.432. The number of nitrogens with zero attached hydrogens (tertiary/aromatic N) is 2. The first-order chi connectivity index (χ1) is 4.33. The Morgan fingerprint density at radius 3 is 3.00 bits per heavy atom. The largest absolute Gasteiger partial charge is 0.266 e. The highest BCUT2D eigenvalue weighted by molar-refractivity contribution is 6.15. The fourth-order valence-corrected chi connectivity index (χ4v) is 0.635. The molecular weight excluding hydrogens is 140 g/mol. The van der Waals surface area contributed by atoms with Crippen molar-refractivity contribution >= 4 is 23.5 Å². The maximum absolute atomic E-state index is 9.64. The van der Waals surface area contributed by atoms with E-state index in [4.69, 9.17) is 11.8 Å². The first-order valence-corrected chi connectivity index (χ1v) is 2.59. The van der Waals surface area contributed by atoms with E-state index in [0.29, 0.717) is 5.69 Å². The number of aliphatic imine (C=N–C) groups is 1. The average molecular weight is 143 g/mol. The van der Waals surface area contributed by atoms with Gasteiger partial charge in [-0.3, -0.25) is 4.09 Å². The summed E-state index contributed by atoms with van der Waals surface area (Å²) in [6.45, 7) is 0. The highest BCUT2D eigenvalue weighted by Gasteiger charge is 1.88. The van der Waals surface area contributed by atoms with Crippen LogP contribution in [0.1, 0.15) is 0 Å². The highest BCUT2D eigenvalue weighted by Crippen LogP contribution is 2.10. The molecule has 3 nitrogen and oxygen atoms in total. The van der Waals surface area contributed by atoms with Crippen molar-refractivity contribution in [3.63, 3.8) is 0 Å². The first kappa shape index (κ1) is 6.08. The van der Waals surface area contributed by atoms with Crippen LogP contribution in [-0.4, -0.2) is 10.2 Å². The molecule has 0 aliphatic heterocycles. The lowest BCUT2D eigenvalue weighted by Gasteiger charge is -1.76. The molecule has 4 heteroatoms. The monoisotopic (exact) mass is 142 g/mol. The molecule has 0 N–H and O–H groups in total. The molecule has 46 valence electrons. The number of hydrogen-bond acceptors (Lipinski definition) is 2. The van der Waals surface area contributed by atoms with Gasteiger partial charge >= 0.3 is 0 Å². The molecule has 0 aliphatic rings. The predicted octanol–water partition coefficient (Wildman–Crippen LogP) is 1.46. The summed E-state index contributed by atoms with van der Waals surface area (Å²) in [4.78, 5) is 13.0. The first-order valence-electron chi connectivity index (χ1n) is 2.25. The van der Waals surface area contributed by atoms with Crippen molar-refractivity contribution in [1.29, 1.82) is 0 Å². The molecule has 1 aromatic rings. The lowest BCUT2D eigenvalue weighted by molar-refractivity contribution is 0.565. The van der Waals surface area contributed by atoms with Crippen molar-refractivity contribution in [2.75, 3.05) is 0 Å². The second kappa shape index (κ2) is 2.49. The van der Waals surface area contributed by atoms with Crippen molar-refractivity contribution in [2.45, 2.75) is 0 Å². The van der Waals surface area contributed by atoms with Gasteiger partial charge in [-0.05, 0) is 6.07 Å². The van der Waals surface area contributed by atoms with E-state index in [9.17, 15) is 4.79 Å². The van der Waals surface area contributed by atoms with Crippen LogP contribution < -0.4 is 0 Å². The van der Waals surface area contributed by atoms with Gasteiger partial charge in [0.15, 0.2) is 0 Å². The highest BCUT2D eigenvalue weighted by atomic mass is 35.5. The number of aromatic nitrogens is 1. The third-order valence-corrected chi connectivity index (χ3v) is 1.03. The molecule has 0 saturated heterocycles. The van der Waals surface area contributed by atoms with E-state index in [0.717, 1.165) is 0 Å². The maximum Gasteiger partial charge on any atom is 0.240 e. The predicted molar refractivity (Wildman–Crippen MR) is 33.5 cm³/mol. The van der Waals surface area contributed by atoms with E-state index in [1.807, 2.05) is 0 Å². The van der Waals surface area contributed by atoms with E-state index in [1.54, 1.807) is 12.3 Å². The number of halogens is 1. The summed E-state index contributed by atoms with van der Waals surface area (Å²) in [6, 6.07) is 1.61. The molecule has 1 heterocycles. The Bertz CT molecular complexity index is 249. The van der Waals surface area contributed by atoms with Gasteiger partial charge in [0.05, 0.1) is 5.69 Å². The van der Waals surface area contributed by atoms with Gasteiger partial charge in [0.2, 0.25) is 6.08 Å². The number of hydrogen-bond donors (Lipinski definition) is 0. The molecule has 1 rings (SSSR count). The van der Waals surface area contributed by atoms with E-state index < -0.39 is 0 Å². The molecule has 1 aromatic heterocycles. The number of rotatable bonds is 1. The van der Waals surface area contributed by atoms with Crippen LogP contribution in [0.3, 0.4) is 0 Å². The second-order valence-electron chi connectivity index (χ2n) is 1.42. The van der Waals surface area contributed by atoms with Gasteiger partial charge in [0.25, 0.3) is 0 Å². The molecule has 0 bridgehead atoms. The molecule has 9 heavy (non-hydrogen) atoms. The average Bonchev–Trinajstić information content (AvgIpc) is 2.17. The fraction of sp³-hybridized carbons (Fsp3) is 0. The topological polar surface area (TPSA) is 34.4 Å². The van der Waals surface area contributed by atoms with Gasteiger partial charge in [-0.15, -0.1) is 0 Å².